The number of likely N-dealkylation sites (N-methyl/N-ethyl adjacent to an activating group) is 1. The highest BCUT2D eigenvalue weighted by atomic mass is 16.5. The molecular formula is C19H37NO2. The molecule has 0 spiro atoms. The molecule has 0 aromatic rings. The fourth-order valence-corrected chi connectivity index (χ4v) is 2.74. The third kappa shape index (κ3) is 6.87. The summed E-state index contributed by atoms with van der Waals surface area (Å²) in [7, 11) is 3.88. The normalized spacial score (nSPS) is 15.8. The molecule has 3 nitrogen and oxygen atoms in total. The Labute approximate surface area is 138 Å². The zero-order valence-electron chi connectivity index (χ0n) is 16.0. The average Bonchev–Trinajstić information content (AvgIpc) is 2.42. The first-order valence-corrected chi connectivity index (χ1v) is 8.37. The van der Waals surface area contributed by atoms with E-state index in [4.69, 9.17) is 9.47 Å². The molecule has 0 aromatic heterocycles. The topological polar surface area (TPSA) is 21.7 Å². The van der Waals surface area contributed by atoms with Crippen LogP contribution in [-0.2, 0) is 9.47 Å². The predicted molar refractivity (Wildman–Crippen MR) is 95.8 cm³/mol. The fourth-order valence-electron chi connectivity index (χ4n) is 2.74. The number of ether oxygens (including phenoxy) is 2. The highest BCUT2D eigenvalue weighted by Crippen LogP contribution is 2.27. The molecule has 0 radical (unpaired) electrons. The summed E-state index contributed by atoms with van der Waals surface area (Å²) in [5, 5.41) is 0. The van der Waals surface area contributed by atoms with Crippen molar-refractivity contribution in [1.82, 2.24) is 4.90 Å². The van der Waals surface area contributed by atoms with Gasteiger partial charge in [-0.25, -0.2) is 0 Å². The van der Waals surface area contributed by atoms with E-state index in [0.29, 0.717) is 12.3 Å². The summed E-state index contributed by atoms with van der Waals surface area (Å²) in [6.07, 6.45) is 2.78. The van der Waals surface area contributed by atoms with Crippen molar-refractivity contribution in [3.05, 3.63) is 24.6 Å². The molecule has 0 heterocycles. The lowest BCUT2D eigenvalue weighted by Gasteiger charge is -2.40. The molecule has 0 saturated heterocycles. The van der Waals surface area contributed by atoms with Gasteiger partial charge in [0.2, 0.25) is 0 Å². The van der Waals surface area contributed by atoms with Gasteiger partial charge in [0.05, 0.1) is 17.9 Å². The van der Waals surface area contributed by atoms with Crippen LogP contribution in [-0.4, -0.2) is 36.8 Å². The lowest BCUT2D eigenvalue weighted by molar-refractivity contribution is -0.0146. The number of rotatable bonds is 10. The van der Waals surface area contributed by atoms with Crippen molar-refractivity contribution in [3.63, 3.8) is 0 Å². The minimum atomic E-state index is -0.222. The van der Waals surface area contributed by atoms with Gasteiger partial charge in [-0.1, -0.05) is 40.3 Å². The first-order chi connectivity index (χ1) is 10.1. The summed E-state index contributed by atoms with van der Waals surface area (Å²) in [6.45, 7) is 21.0. The van der Waals surface area contributed by atoms with Gasteiger partial charge < -0.3 is 14.4 Å². The molecule has 0 bridgehead atoms. The van der Waals surface area contributed by atoms with Gasteiger partial charge in [-0.15, -0.1) is 0 Å². The van der Waals surface area contributed by atoms with E-state index in [2.05, 4.69) is 45.9 Å². The van der Waals surface area contributed by atoms with Crippen molar-refractivity contribution in [2.75, 3.05) is 14.2 Å². The SMILES string of the molecule is C=C(C[C@@H](OC)[C@H]([C@@H](C)CC)N(C)C(=C)CC)OC(C)(C)C. The van der Waals surface area contributed by atoms with Crippen LogP contribution in [0.5, 0.6) is 0 Å². The van der Waals surface area contributed by atoms with E-state index >= 15 is 0 Å². The van der Waals surface area contributed by atoms with E-state index in [-0.39, 0.29) is 17.7 Å². The molecule has 3 atom stereocenters. The van der Waals surface area contributed by atoms with Crippen molar-refractivity contribution < 1.29 is 9.47 Å². The summed E-state index contributed by atoms with van der Waals surface area (Å²) in [4.78, 5) is 2.27. The molecule has 0 aliphatic rings. The second kappa shape index (κ2) is 9.24. The van der Waals surface area contributed by atoms with Gasteiger partial charge in [0.1, 0.15) is 5.60 Å². The Balaban J connectivity index is 5.14. The van der Waals surface area contributed by atoms with Crippen molar-refractivity contribution in [3.8, 4) is 0 Å². The van der Waals surface area contributed by atoms with E-state index in [9.17, 15) is 0 Å². The van der Waals surface area contributed by atoms with Crippen LogP contribution in [0.2, 0.25) is 0 Å². The number of allylic oxidation sites excluding steroid dienone is 1. The monoisotopic (exact) mass is 311 g/mol. The van der Waals surface area contributed by atoms with Crippen LogP contribution >= 0.6 is 0 Å². The molecule has 0 rings (SSSR count). The van der Waals surface area contributed by atoms with E-state index in [1.165, 1.54) is 0 Å². The van der Waals surface area contributed by atoms with Crippen molar-refractivity contribution in [2.24, 2.45) is 5.92 Å². The number of hydrogen-bond donors (Lipinski definition) is 0. The summed E-state index contributed by atoms with van der Waals surface area (Å²) in [5.74, 6) is 1.28. The number of nitrogens with zero attached hydrogens (tertiary/aromatic N) is 1. The quantitative estimate of drug-likeness (QED) is 0.530. The van der Waals surface area contributed by atoms with Crippen LogP contribution < -0.4 is 0 Å². The van der Waals surface area contributed by atoms with Gasteiger partial charge in [-0.3, -0.25) is 0 Å². The predicted octanol–water partition coefficient (Wildman–Crippen LogP) is 4.99. The zero-order chi connectivity index (χ0) is 17.5. The maximum atomic E-state index is 5.88. The molecule has 0 aromatic carbocycles. The molecule has 130 valence electrons. The Kier molecular flexibility index (Phi) is 8.84. The first-order valence-electron chi connectivity index (χ1n) is 8.37. The van der Waals surface area contributed by atoms with Gasteiger partial charge in [0, 0.05) is 26.3 Å². The van der Waals surface area contributed by atoms with Crippen LogP contribution in [0.3, 0.4) is 0 Å². The zero-order valence-corrected chi connectivity index (χ0v) is 16.0. The largest absolute Gasteiger partial charge is 0.493 e. The first kappa shape index (κ1) is 21.0. The van der Waals surface area contributed by atoms with Crippen molar-refractivity contribution in [1.29, 1.82) is 0 Å². The third-order valence-electron chi connectivity index (χ3n) is 4.14. The maximum Gasteiger partial charge on any atom is 0.100 e. The molecule has 0 amide bonds. The van der Waals surface area contributed by atoms with E-state index < -0.39 is 0 Å². The van der Waals surface area contributed by atoms with Gasteiger partial charge >= 0.3 is 0 Å². The number of methoxy groups -OCH3 is 1. The molecule has 0 unspecified atom stereocenters. The molecule has 0 N–H and O–H groups in total. The summed E-state index contributed by atoms with van der Waals surface area (Å²) in [6, 6.07) is 0.266. The second-order valence-electron chi connectivity index (χ2n) is 7.14. The van der Waals surface area contributed by atoms with E-state index in [1.807, 2.05) is 20.8 Å². The Morgan fingerprint density at radius 2 is 1.73 bits per heavy atom. The number of hydrogen-bond acceptors (Lipinski definition) is 3. The molecular weight excluding hydrogens is 274 g/mol. The highest BCUT2D eigenvalue weighted by Gasteiger charge is 2.31. The third-order valence-corrected chi connectivity index (χ3v) is 4.14. The van der Waals surface area contributed by atoms with E-state index in [0.717, 1.165) is 24.3 Å². The van der Waals surface area contributed by atoms with Gasteiger partial charge in [0.25, 0.3) is 0 Å². The molecule has 22 heavy (non-hydrogen) atoms. The van der Waals surface area contributed by atoms with E-state index in [1.54, 1.807) is 7.11 Å². The van der Waals surface area contributed by atoms with Gasteiger partial charge in [-0.2, -0.15) is 0 Å². The smallest absolute Gasteiger partial charge is 0.100 e. The Hall–Kier alpha value is -0.960. The van der Waals surface area contributed by atoms with Crippen LogP contribution in [0.4, 0.5) is 0 Å². The highest BCUT2D eigenvalue weighted by molar-refractivity contribution is 5.01. The van der Waals surface area contributed by atoms with Crippen LogP contribution in [0.25, 0.3) is 0 Å². The second-order valence-corrected chi connectivity index (χ2v) is 7.14. The lowest BCUT2D eigenvalue weighted by Crippen LogP contribution is -2.46. The molecule has 0 aliphatic carbocycles. The standard InChI is InChI=1S/C19H37NO2/c1-11-14(3)18(20(9)15(4)12-2)17(21-10)13-16(5)22-19(6,7)8/h14,17-18H,4-5,11-13H2,1-3,6-10H3/t14-,17+,18-/m0/s1. The molecule has 0 fully saturated rings. The lowest BCUT2D eigenvalue weighted by atomic mass is 9.90. The van der Waals surface area contributed by atoms with Crippen LogP contribution in [0.15, 0.2) is 24.6 Å². The van der Waals surface area contributed by atoms with Gasteiger partial charge in [0.15, 0.2) is 0 Å². The molecule has 0 saturated carbocycles. The summed E-state index contributed by atoms with van der Waals surface area (Å²) >= 11 is 0. The summed E-state index contributed by atoms with van der Waals surface area (Å²) in [5.41, 5.74) is 0.912. The minimum Gasteiger partial charge on any atom is -0.493 e. The Morgan fingerprint density at radius 1 is 1.18 bits per heavy atom. The van der Waals surface area contributed by atoms with Crippen LogP contribution in [0.1, 0.15) is 60.8 Å². The Morgan fingerprint density at radius 3 is 2.09 bits per heavy atom. The van der Waals surface area contributed by atoms with Crippen LogP contribution in [0, 0.1) is 5.92 Å². The molecule has 0 aliphatic heterocycles. The average molecular weight is 312 g/mol. The molecule has 3 heteroatoms. The maximum absolute atomic E-state index is 5.88. The van der Waals surface area contributed by atoms with Crippen molar-refractivity contribution >= 4 is 0 Å². The minimum absolute atomic E-state index is 0.0399. The fraction of sp³-hybridized carbons (Fsp3) is 0.789. The van der Waals surface area contributed by atoms with Crippen molar-refractivity contribution in [2.45, 2.75) is 78.6 Å². The Bertz CT molecular complexity index is 357. The summed E-state index contributed by atoms with van der Waals surface area (Å²) < 4.78 is 11.7. The van der Waals surface area contributed by atoms with Gasteiger partial charge in [-0.05, 0) is 33.1 Å².